The molecule has 0 bridgehead atoms. The van der Waals surface area contributed by atoms with E-state index in [9.17, 15) is 13.0 Å². The van der Waals surface area contributed by atoms with Gasteiger partial charge in [-0.2, -0.15) is 0 Å². The van der Waals surface area contributed by atoms with Crippen molar-refractivity contribution in [3.8, 4) is 5.75 Å². The van der Waals surface area contributed by atoms with Crippen molar-refractivity contribution in [3.05, 3.63) is 24.3 Å². The van der Waals surface area contributed by atoms with Crippen LogP contribution in [0.5, 0.6) is 5.75 Å². The van der Waals surface area contributed by atoms with Crippen molar-refractivity contribution in [3.63, 3.8) is 0 Å². The van der Waals surface area contributed by atoms with Crippen molar-refractivity contribution in [2.75, 3.05) is 21.1 Å². The Bertz CT molecular complexity index is 430. The second kappa shape index (κ2) is 3.80. The average Bonchev–Trinajstić information content (AvgIpc) is 2.00. The lowest BCUT2D eigenvalue weighted by Gasteiger charge is -2.23. The van der Waals surface area contributed by atoms with Crippen molar-refractivity contribution < 1.29 is 17.2 Å². The summed E-state index contributed by atoms with van der Waals surface area (Å²) < 4.78 is 35.7. The Kier molecular flexibility index (Phi) is 3.03. The van der Waals surface area contributed by atoms with Gasteiger partial charge in [0.15, 0.2) is 0 Å². The third-order valence-corrected chi connectivity index (χ3v) is 2.21. The molecule has 0 atom stereocenters. The smallest absolute Gasteiger partial charge is 0.262 e. The van der Waals surface area contributed by atoms with Gasteiger partial charge in [0.1, 0.15) is 11.4 Å². The molecule has 0 N–H and O–H groups in total. The summed E-state index contributed by atoms with van der Waals surface area (Å²) >= 11 is 0. The van der Waals surface area contributed by atoms with Crippen LogP contribution >= 0.6 is 0 Å². The van der Waals surface area contributed by atoms with Gasteiger partial charge in [0.2, 0.25) is 0 Å². The first kappa shape index (κ1) is 12.0. The van der Waals surface area contributed by atoms with Crippen LogP contribution < -0.4 is 8.67 Å². The molecule has 1 aromatic carbocycles. The maximum Gasteiger partial charge on any atom is 0.262 e. The summed E-state index contributed by atoms with van der Waals surface area (Å²) in [6.07, 6.45) is 0. The zero-order valence-corrected chi connectivity index (χ0v) is 9.61. The Morgan fingerprint density at radius 2 is 1.60 bits per heavy atom. The highest BCUT2D eigenvalue weighted by Crippen LogP contribution is 2.21. The summed E-state index contributed by atoms with van der Waals surface area (Å²) in [4.78, 5) is 0. The minimum atomic E-state index is -4.68. The first-order valence-corrected chi connectivity index (χ1v) is 5.59. The lowest BCUT2D eigenvalue weighted by Crippen LogP contribution is -2.34. The van der Waals surface area contributed by atoms with E-state index in [-0.39, 0.29) is 5.75 Å². The van der Waals surface area contributed by atoms with Crippen LogP contribution in [0, 0.1) is 0 Å². The van der Waals surface area contributed by atoms with Crippen molar-refractivity contribution in [2.45, 2.75) is 0 Å². The minimum absolute atomic E-state index is 0.0298. The van der Waals surface area contributed by atoms with Gasteiger partial charge >= 0.3 is 0 Å². The summed E-state index contributed by atoms with van der Waals surface area (Å²) in [6, 6.07) is 6.32. The predicted octanol–water partition coefficient (Wildman–Crippen LogP) is 0.722. The molecule has 0 unspecified atom stereocenters. The average molecular weight is 231 g/mol. The second-order valence-corrected chi connectivity index (χ2v) is 4.98. The number of nitrogens with zero attached hydrogens (tertiary/aromatic N) is 1. The molecule has 5 nitrogen and oxygen atoms in total. The van der Waals surface area contributed by atoms with E-state index in [1.54, 1.807) is 12.1 Å². The minimum Gasteiger partial charge on any atom is -0.716 e. The maximum atomic E-state index is 10.3. The quantitative estimate of drug-likeness (QED) is 0.437. The number of quaternary nitrogens is 1. The summed E-state index contributed by atoms with van der Waals surface area (Å²) in [5, 5.41) is 0. The van der Waals surface area contributed by atoms with Crippen molar-refractivity contribution in [2.24, 2.45) is 0 Å². The summed E-state index contributed by atoms with van der Waals surface area (Å²) in [5.41, 5.74) is 0.977. The van der Waals surface area contributed by atoms with Gasteiger partial charge in [-0.1, -0.05) is 0 Å². The fraction of sp³-hybridized carbons (Fsp3) is 0.333. The van der Waals surface area contributed by atoms with Crippen LogP contribution in [0.4, 0.5) is 5.69 Å². The largest absolute Gasteiger partial charge is 0.716 e. The zero-order valence-electron chi connectivity index (χ0n) is 8.80. The number of benzene rings is 1. The highest BCUT2D eigenvalue weighted by atomic mass is 32.3. The molecule has 1 rings (SSSR count). The van der Waals surface area contributed by atoms with E-state index in [4.69, 9.17) is 0 Å². The van der Waals surface area contributed by atoms with Gasteiger partial charge in [-0.05, 0) is 12.1 Å². The molecule has 1 aromatic rings. The first-order chi connectivity index (χ1) is 6.68. The van der Waals surface area contributed by atoms with Crippen molar-refractivity contribution >= 4 is 16.1 Å². The zero-order chi connectivity index (χ0) is 11.7. The lowest BCUT2D eigenvalue weighted by atomic mass is 10.2. The highest BCUT2D eigenvalue weighted by molar-refractivity contribution is 7.81. The van der Waals surface area contributed by atoms with Crippen molar-refractivity contribution in [1.82, 2.24) is 4.48 Å². The summed E-state index contributed by atoms with van der Waals surface area (Å²) in [5.74, 6) is 0.0298. The lowest BCUT2D eigenvalue weighted by molar-refractivity contribution is 0.372. The second-order valence-electron chi connectivity index (χ2n) is 4.00. The van der Waals surface area contributed by atoms with Gasteiger partial charge in [0.25, 0.3) is 10.4 Å². The van der Waals surface area contributed by atoms with Crippen LogP contribution in [0.1, 0.15) is 0 Å². The van der Waals surface area contributed by atoms with Crippen LogP contribution in [0.25, 0.3) is 0 Å². The molecular weight excluding hydrogens is 218 g/mol. The maximum absolute atomic E-state index is 10.3. The first-order valence-electron chi connectivity index (χ1n) is 4.26. The van der Waals surface area contributed by atoms with Gasteiger partial charge in [0, 0.05) is 12.1 Å². The summed E-state index contributed by atoms with van der Waals surface area (Å²) in [6.45, 7) is 0. The third kappa shape index (κ3) is 3.86. The van der Waals surface area contributed by atoms with Crippen LogP contribution in [0.2, 0.25) is 0 Å². The molecule has 15 heavy (non-hydrogen) atoms. The molecule has 0 spiro atoms. The Balaban J connectivity index is 2.91. The highest BCUT2D eigenvalue weighted by Gasteiger charge is 2.11. The third-order valence-electron chi connectivity index (χ3n) is 1.81. The molecule has 0 aliphatic carbocycles. The van der Waals surface area contributed by atoms with E-state index in [1.165, 1.54) is 12.1 Å². The Morgan fingerprint density at radius 1 is 1.13 bits per heavy atom. The van der Waals surface area contributed by atoms with E-state index in [0.717, 1.165) is 5.69 Å². The molecular formula is C9H13NO4S. The fourth-order valence-electron chi connectivity index (χ4n) is 1.07. The predicted molar refractivity (Wildman–Crippen MR) is 56.3 cm³/mol. The Morgan fingerprint density at radius 3 is 1.93 bits per heavy atom. The van der Waals surface area contributed by atoms with Gasteiger partial charge in [-0.15, -0.1) is 0 Å². The van der Waals surface area contributed by atoms with E-state index < -0.39 is 10.4 Å². The van der Waals surface area contributed by atoms with E-state index >= 15 is 0 Å². The van der Waals surface area contributed by atoms with Gasteiger partial charge < -0.3 is 8.74 Å². The Hall–Kier alpha value is -1.11. The van der Waals surface area contributed by atoms with Crippen LogP contribution in [0.15, 0.2) is 24.3 Å². The van der Waals surface area contributed by atoms with Gasteiger partial charge in [-0.3, -0.25) is 4.48 Å². The molecule has 0 aromatic heterocycles. The SMILES string of the molecule is C[N+](C)(C)c1ccc(OS(=O)(=O)[O-])cc1. The Labute approximate surface area is 89.4 Å². The van der Waals surface area contributed by atoms with E-state index in [2.05, 4.69) is 4.18 Å². The molecule has 0 radical (unpaired) electrons. The molecule has 0 aliphatic heterocycles. The van der Waals surface area contributed by atoms with Crippen molar-refractivity contribution in [1.29, 1.82) is 0 Å². The molecule has 0 heterocycles. The number of hydrogen-bond donors (Lipinski definition) is 0. The molecule has 0 saturated heterocycles. The van der Waals surface area contributed by atoms with Crippen LogP contribution in [-0.2, 0) is 10.4 Å². The molecule has 6 heteroatoms. The van der Waals surface area contributed by atoms with Gasteiger partial charge in [-0.25, -0.2) is 8.42 Å². The van der Waals surface area contributed by atoms with E-state index in [0.29, 0.717) is 4.48 Å². The molecule has 0 fully saturated rings. The van der Waals surface area contributed by atoms with Gasteiger partial charge in [0.05, 0.1) is 21.1 Å². The normalized spacial score (nSPS) is 12.5. The number of hydrogen-bond acceptors (Lipinski definition) is 4. The van der Waals surface area contributed by atoms with Crippen LogP contribution in [0.3, 0.4) is 0 Å². The summed E-state index contributed by atoms with van der Waals surface area (Å²) in [7, 11) is 1.24. The van der Waals surface area contributed by atoms with E-state index in [1.807, 2.05) is 21.1 Å². The molecule has 0 saturated carbocycles. The monoisotopic (exact) mass is 231 g/mol. The van der Waals surface area contributed by atoms with Crippen LogP contribution in [-0.4, -0.2) is 34.1 Å². The molecule has 84 valence electrons. The standard InChI is InChI=1S/C9H13NO4S/c1-10(2,3)8-4-6-9(7-5-8)14-15(11,12)13/h4-7H,1-3H3. The molecule has 0 aliphatic rings. The topological polar surface area (TPSA) is 66.4 Å². The molecule has 0 amide bonds. The number of rotatable bonds is 3. The fourth-order valence-corrected chi connectivity index (χ4v) is 1.41.